The Morgan fingerprint density at radius 2 is 1.66 bits per heavy atom. The lowest BCUT2D eigenvalue weighted by Gasteiger charge is -2.08. The third-order valence-corrected chi connectivity index (χ3v) is 7.04. The third-order valence-electron chi connectivity index (χ3n) is 5.24. The molecule has 0 bridgehead atoms. The maximum Gasteiger partial charge on any atom is 0.244 e. The van der Waals surface area contributed by atoms with Crippen LogP contribution in [0.25, 0.3) is 10.9 Å². The molecule has 0 aliphatic rings. The Bertz CT molecular complexity index is 1430. The molecule has 0 atom stereocenters. The van der Waals surface area contributed by atoms with Gasteiger partial charge in [0.1, 0.15) is 6.54 Å². The maximum atomic E-state index is 13.3. The largest absolute Gasteiger partial charge is 0.337 e. The Morgan fingerprint density at radius 1 is 0.938 bits per heavy atom. The summed E-state index contributed by atoms with van der Waals surface area (Å²) in [7, 11) is -3.76. The van der Waals surface area contributed by atoms with Crippen LogP contribution in [0.5, 0.6) is 0 Å². The molecular formula is C25H22N2O4S. The molecule has 0 radical (unpaired) electrons. The van der Waals surface area contributed by atoms with Crippen LogP contribution in [0.3, 0.4) is 0 Å². The van der Waals surface area contributed by atoms with E-state index in [2.05, 4.69) is 5.32 Å². The molecule has 0 spiro atoms. The second-order valence-electron chi connectivity index (χ2n) is 7.64. The highest BCUT2D eigenvalue weighted by molar-refractivity contribution is 7.91. The number of hydrogen-bond donors (Lipinski definition) is 1. The zero-order chi connectivity index (χ0) is 22.9. The summed E-state index contributed by atoms with van der Waals surface area (Å²) in [4.78, 5) is 24.6. The van der Waals surface area contributed by atoms with Crippen molar-refractivity contribution in [3.63, 3.8) is 0 Å². The van der Waals surface area contributed by atoms with Crippen LogP contribution in [0.4, 0.5) is 5.69 Å². The number of nitrogens with zero attached hydrogens (tertiary/aromatic N) is 1. The molecule has 0 saturated heterocycles. The molecule has 6 nitrogen and oxygen atoms in total. The third kappa shape index (κ3) is 4.20. The fraction of sp³-hybridized carbons (Fsp3) is 0.120. The number of para-hydroxylation sites is 1. The zero-order valence-electron chi connectivity index (χ0n) is 17.7. The van der Waals surface area contributed by atoms with Crippen molar-refractivity contribution in [1.29, 1.82) is 0 Å². The van der Waals surface area contributed by atoms with Gasteiger partial charge in [-0.1, -0.05) is 48.0 Å². The van der Waals surface area contributed by atoms with Crippen molar-refractivity contribution in [2.45, 2.75) is 30.2 Å². The van der Waals surface area contributed by atoms with Gasteiger partial charge in [0, 0.05) is 28.4 Å². The van der Waals surface area contributed by atoms with Gasteiger partial charge in [0.2, 0.25) is 15.7 Å². The molecule has 1 amide bonds. The van der Waals surface area contributed by atoms with Crippen LogP contribution >= 0.6 is 0 Å². The monoisotopic (exact) mass is 446 g/mol. The highest BCUT2D eigenvalue weighted by Crippen LogP contribution is 2.30. The number of amides is 1. The molecule has 4 aromatic rings. The second-order valence-corrected chi connectivity index (χ2v) is 9.56. The van der Waals surface area contributed by atoms with Crippen molar-refractivity contribution in [2.24, 2.45) is 0 Å². The van der Waals surface area contributed by atoms with Crippen molar-refractivity contribution in [3.05, 3.63) is 90.1 Å². The number of Topliss-reactive ketones (excluding diaryl/α,β-unsaturated/α-hetero) is 1. The van der Waals surface area contributed by atoms with Gasteiger partial charge in [0.15, 0.2) is 5.78 Å². The summed E-state index contributed by atoms with van der Waals surface area (Å²) in [6.45, 7) is 3.28. The first-order valence-electron chi connectivity index (χ1n) is 10.1. The predicted molar refractivity (Wildman–Crippen MR) is 124 cm³/mol. The summed E-state index contributed by atoms with van der Waals surface area (Å²) in [5.74, 6) is -0.422. The van der Waals surface area contributed by atoms with Gasteiger partial charge in [-0.15, -0.1) is 0 Å². The number of rotatable bonds is 6. The molecule has 0 unspecified atom stereocenters. The summed E-state index contributed by atoms with van der Waals surface area (Å²) in [5, 5.41) is 3.33. The van der Waals surface area contributed by atoms with Crippen LogP contribution in [0.15, 0.2) is 88.8 Å². The Labute approximate surface area is 186 Å². The molecule has 162 valence electrons. The number of fused-ring (bicyclic) bond motifs is 1. The molecule has 0 fully saturated rings. The van der Waals surface area contributed by atoms with E-state index in [9.17, 15) is 18.0 Å². The lowest BCUT2D eigenvalue weighted by molar-refractivity contribution is -0.116. The minimum Gasteiger partial charge on any atom is -0.337 e. The van der Waals surface area contributed by atoms with Crippen LogP contribution in [0.1, 0.15) is 22.8 Å². The molecule has 1 heterocycles. The van der Waals surface area contributed by atoms with Gasteiger partial charge < -0.3 is 9.88 Å². The normalized spacial score (nSPS) is 11.4. The molecule has 3 aromatic carbocycles. The topological polar surface area (TPSA) is 85.2 Å². The molecule has 4 rings (SSSR count). The van der Waals surface area contributed by atoms with Gasteiger partial charge in [-0.3, -0.25) is 9.59 Å². The van der Waals surface area contributed by atoms with E-state index >= 15 is 0 Å². The van der Waals surface area contributed by atoms with E-state index in [1.807, 2.05) is 6.92 Å². The molecule has 0 aliphatic carbocycles. The first-order chi connectivity index (χ1) is 15.3. The van der Waals surface area contributed by atoms with Crippen molar-refractivity contribution >= 4 is 38.1 Å². The quantitative estimate of drug-likeness (QED) is 0.438. The standard InChI is InChI=1S/C25H22N2O4S/c1-17-10-12-21(13-11-17)32(30,31)24-15-27(23-9-4-3-8-22(23)24)16-25(29)26-20-7-5-6-19(14-20)18(2)28/h3-15H,16H2,1-2H3,(H,26,29). The Hall–Kier alpha value is -3.71. The number of hydrogen-bond acceptors (Lipinski definition) is 4. The summed E-state index contributed by atoms with van der Waals surface area (Å²) >= 11 is 0. The minimum atomic E-state index is -3.76. The lowest BCUT2D eigenvalue weighted by atomic mass is 10.1. The summed E-state index contributed by atoms with van der Waals surface area (Å²) < 4.78 is 28.2. The van der Waals surface area contributed by atoms with E-state index in [0.29, 0.717) is 22.2 Å². The van der Waals surface area contributed by atoms with Gasteiger partial charge in [-0.05, 0) is 44.2 Å². The van der Waals surface area contributed by atoms with E-state index in [-0.39, 0.29) is 28.0 Å². The number of benzene rings is 3. The van der Waals surface area contributed by atoms with Gasteiger partial charge in [0.05, 0.1) is 9.79 Å². The van der Waals surface area contributed by atoms with Gasteiger partial charge >= 0.3 is 0 Å². The fourth-order valence-electron chi connectivity index (χ4n) is 3.57. The molecule has 1 N–H and O–H groups in total. The summed E-state index contributed by atoms with van der Waals surface area (Å²) in [6.07, 6.45) is 1.51. The number of nitrogens with one attached hydrogen (secondary N) is 1. The molecule has 7 heteroatoms. The van der Waals surface area contributed by atoms with E-state index in [1.165, 1.54) is 13.1 Å². The molecular weight excluding hydrogens is 424 g/mol. The molecule has 1 aromatic heterocycles. The Morgan fingerprint density at radius 3 is 2.38 bits per heavy atom. The summed E-state index contributed by atoms with van der Waals surface area (Å²) in [5.41, 5.74) is 2.62. The maximum absolute atomic E-state index is 13.3. The number of carbonyl (C=O) groups excluding carboxylic acids is 2. The number of ketones is 1. The number of carbonyl (C=O) groups is 2. The van der Waals surface area contributed by atoms with Crippen LogP contribution in [-0.2, 0) is 21.2 Å². The average Bonchev–Trinajstić information content (AvgIpc) is 3.13. The lowest BCUT2D eigenvalue weighted by Crippen LogP contribution is -2.18. The number of anilines is 1. The SMILES string of the molecule is CC(=O)c1cccc(NC(=O)Cn2cc(S(=O)(=O)c3ccc(C)cc3)c3ccccc32)c1. The molecule has 32 heavy (non-hydrogen) atoms. The van der Waals surface area contributed by atoms with Crippen molar-refractivity contribution in [2.75, 3.05) is 5.32 Å². The number of aryl methyl sites for hydroxylation is 1. The highest BCUT2D eigenvalue weighted by atomic mass is 32.2. The fourth-order valence-corrected chi connectivity index (χ4v) is 5.05. The number of aromatic nitrogens is 1. The molecule has 0 aliphatic heterocycles. The Balaban J connectivity index is 1.67. The second kappa shape index (κ2) is 8.43. The van der Waals surface area contributed by atoms with Gasteiger partial charge in [-0.2, -0.15) is 0 Å². The average molecular weight is 447 g/mol. The van der Waals surface area contributed by atoms with E-state index < -0.39 is 9.84 Å². The highest BCUT2D eigenvalue weighted by Gasteiger charge is 2.23. The van der Waals surface area contributed by atoms with Crippen molar-refractivity contribution in [1.82, 2.24) is 4.57 Å². The minimum absolute atomic E-state index is 0.0752. The first-order valence-corrected chi connectivity index (χ1v) is 11.5. The molecule has 0 saturated carbocycles. The zero-order valence-corrected chi connectivity index (χ0v) is 18.5. The van der Waals surface area contributed by atoms with E-state index in [0.717, 1.165) is 5.56 Å². The van der Waals surface area contributed by atoms with E-state index in [4.69, 9.17) is 0 Å². The van der Waals surface area contributed by atoms with Crippen molar-refractivity contribution < 1.29 is 18.0 Å². The van der Waals surface area contributed by atoms with Crippen molar-refractivity contribution in [3.8, 4) is 0 Å². The summed E-state index contributed by atoms with van der Waals surface area (Å²) in [6, 6.07) is 20.5. The smallest absolute Gasteiger partial charge is 0.244 e. The van der Waals surface area contributed by atoms with Crippen LogP contribution < -0.4 is 5.32 Å². The number of sulfone groups is 1. The van der Waals surface area contributed by atoms with Gasteiger partial charge in [0.25, 0.3) is 0 Å². The first kappa shape index (κ1) is 21.5. The van der Waals surface area contributed by atoms with Gasteiger partial charge in [-0.25, -0.2) is 8.42 Å². The predicted octanol–water partition coefficient (Wildman–Crippen LogP) is 4.62. The van der Waals surface area contributed by atoms with Crippen LogP contribution in [0.2, 0.25) is 0 Å². The Kier molecular flexibility index (Phi) is 5.67. The van der Waals surface area contributed by atoms with Crippen LogP contribution in [0, 0.1) is 6.92 Å². The van der Waals surface area contributed by atoms with Crippen LogP contribution in [-0.4, -0.2) is 24.7 Å². The van der Waals surface area contributed by atoms with E-state index in [1.54, 1.807) is 77.4 Å².